The van der Waals surface area contributed by atoms with Crippen LogP contribution in [0.3, 0.4) is 0 Å². The van der Waals surface area contributed by atoms with E-state index < -0.39 is 0 Å². The predicted molar refractivity (Wildman–Crippen MR) is 113 cm³/mol. The maximum Gasteiger partial charge on any atom is 0.287 e. The number of benzene rings is 1. The molecule has 2 aliphatic rings. The molecule has 1 amide bonds. The lowest BCUT2D eigenvalue weighted by Crippen LogP contribution is -2.22. The van der Waals surface area contributed by atoms with Crippen molar-refractivity contribution in [3.05, 3.63) is 88.4 Å². The third-order valence-corrected chi connectivity index (χ3v) is 5.69. The van der Waals surface area contributed by atoms with Gasteiger partial charge in [-0.2, -0.15) is 0 Å². The van der Waals surface area contributed by atoms with Crippen molar-refractivity contribution >= 4 is 11.5 Å². The van der Waals surface area contributed by atoms with Gasteiger partial charge in [0.15, 0.2) is 5.76 Å². The standard InChI is InChI=1S/C25H27NO2/c1-3-18-9-12-19(13-10-18)21-14-15-26-25(27)24-22(21)16-23(28-24)20-7-5-4-6-17(2)8-11-20/h5,7-13,16,21H,3-4,6,14-15H2,1-2H3,(H,26,27). The van der Waals surface area contributed by atoms with Crippen molar-refractivity contribution in [2.75, 3.05) is 6.54 Å². The minimum atomic E-state index is -0.115. The molecule has 0 fully saturated rings. The SMILES string of the molecule is CCc1ccc(C2CCNC(=O)c3oc(C4=CC=C(C)CCC=C4)cc32)cc1. The predicted octanol–water partition coefficient (Wildman–Crippen LogP) is 5.79. The van der Waals surface area contributed by atoms with Crippen LogP contribution in [0, 0.1) is 0 Å². The van der Waals surface area contributed by atoms with Gasteiger partial charge in [0, 0.05) is 23.6 Å². The number of carbonyl (C=O) groups excluding carboxylic acids is 1. The topological polar surface area (TPSA) is 42.2 Å². The number of hydrogen-bond acceptors (Lipinski definition) is 2. The molecule has 1 N–H and O–H groups in total. The fraction of sp³-hybridized carbons (Fsp3) is 0.320. The zero-order valence-electron chi connectivity index (χ0n) is 16.6. The molecule has 0 spiro atoms. The van der Waals surface area contributed by atoms with Gasteiger partial charge < -0.3 is 9.73 Å². The number of rotatable bonds is 3. The van der Waals surface area contributed by atoms with Crippen LogP contribution in [0.1, 0.15) is 72.0 Å². The highest BCUT2D eigenvalue weighted by Crippen LogP contribution is 2.36. The van der Waals surface area contributed by atoms with Crippen molar-refractivity contribution < 1.29 is 9.21 Å². The molecule has 1 unspecified atom stereocenters. The first-order valence-electron chi connectivity index (χ1n) is 10.2. The Balaban J connectivity index is 1.76. The molecule has 1 aromatic carbocycles. The molecule has 1 aromatic heterocycles. The Hall–Kier alpha value is -2.81. The maximum atomic E-state index is 12.6. The molecule has 1 aliphatic carbocycles. The van der Waals surface area contributed by atoms with Gasteiger partial charge in [0.05, 0.1) is 0 Å². The lowest BCUT2D eigenvalue weighted by Gasteiger charge is -2.14. The lowest BCUT2D eigenvalue weighted by atomic mass is 9.88. The second kappa shape index (κ2) is 8.05. The molecule has 0 saturated carbocycles. The third-order valence-electron chi connectivity index (χ3n) is 5.69. The molecule has 0 saturated heterocycles. The largest absolute Gasteiger partial charge is 0.451 e. The van der Waals surface area contributed by atoms with Crippen molar-refractivity contribution in [1.29, 1.82) is 0 Å². The number of allylic oxidation sites excluding steroid dienone is 6. The van der Waals surface area contributed by atoms with Crippen LogP contribution in [0.2, 0.25) is 0 Å². The van der Waals surface area contributed by atoms with Gasteiger partial charge in [-0.1, -0.05) is 61.1 Å². The monoisotopic (exact) mass is 373 g/mol. The average Bonchev–Trinajstić information content (AvgIpc) is 3.07. The first-order chi connectivity index (χ1) is 13.7. The maximum absolute atomic E-state index is 12.6. The molecule has 3 nitrogen and oxygen atoms in total. The summed E-state index contributed by atoms with van der Waals surface area (Å²) in [6.07, 6.45) is 12.5. The molecule has 0 radical (unpaired) electrons. The summed E-state index contributed by atoms with van der Waals surface area (Å²) in [6, 6.07) is 10.8. The lowest BCUT2D eigenvalue weighted by molar-refractivity contribution is 0.0928. The summed E-state index contributed by atoms with van der Waals surface area (Å²) in [6.45, 7) is 4.97. The fourth-order valence-electron chi connectivity index (χ4n) is 3.94. The molecule has 28 heavy (non-hydrogen) atoms. The van der Waals surface area contributed by atoms with E-state index in [1.807, 2.05) is 0 Å². The average molecular weight is 373 g/mol. The van der Waals surface area contributed by atoms with E-state index in [9.17, 15) is 4.79 Å². The smallest absolute Gasteiger partial charge is 0.287 e. The van der Waals surface area contributed by atoms with Crippen LogP contribution in [0.4, 0.5) is 0 Å². The number of nitrogens with one attached hydrogen (secondary N) is 1. The van der Waals surface area contributed by atoms with E-state index in [0.717, 1.165) is 42.6 Å². The zero-order chi connectivity index (χ0) is 19.5. The summed E-state index contributed by atoms with van der Waals surface area (Å²) >= 11 is 0. The Morgan fingerprint density at radius 1 is 1.18 bits per heavy atom. The number of aryl methyl sites for hydroxylation is 1. The molecule has 0 bridgehead atoms. The van der Waals surface area contributed by atoms with Crippen LogP contribution in [-0.2, 0) is 6.42 Å². The van der Waals surface area contributed by atoms with E-state index >= 15 is 0 Å². The second-order valence-electron chi connectivity index (χ2n) is 7.66. The zero-order valence-corrected chi connectivity index (χ0v) is 16.6. The van der Waals surface area contributed by atoms with Crippen LogP contribution >= 0.6 is 0 Å². The van der Waals surface area contributed by atoms with E-state index in [0.29, 0.717) is 12.3 Å². The molecular formula is C25H27NO2. The van der Waals surface area contributed by atoms with Gasteiger partial charge in [-0.15, -0.1) is 0 Å². The van der Waals surface area contributed by atoms with Crippen molar-refractivity contribution in [2.45, 2.75) is 45.4 Å². The highest BCUT2D eigenvalue weighted by Gasteiger charge is 2.29. The molecular weight excluding hydrogens is 346 g/mol. The number of amides is 1. The van der Waals surface area contributed by atoms with Gasteiger partial charge >= 0.3 is 0 Å². The highest BCUT2D eigenvalue weighted by molar-refractivity contribution is 5.94. The minimum Gasteiger partial charge on any atom is -0.451 e. The number of hydrogen-bond donors (Lipinski definition) is 1. The summed E-state index contributed by atoms with van der Waals surface area (Å²) in [5.41, 5.74) is 5.92. The van der Waals surface area contributed by atoms with Crippen molar-refractivity contribution in [2.24, 2.45) is 0 Å². The number of carbonyl (C=O) groups is 1. The second-order valence-corrected chi connectivity index (χ2v) is 7.66. The van der Waals surface area contributed by atoms with E-state index in [2.05, 4.69) is 73.8 Å². The van der Waals surface area contributed by atoms with Crippen molar-refractivity contribution in [3.63, 3.8) is 0 Å². The number of furan rings is 1. The van der Waals surface area contributed by atoms with Gasteiger partial charge in [-0.05, 0) is 49.8 Å². The molecule has 2 heterocycles. The summed E-state index contributed by atoms with van der Waals surface area (Å²) in [7, 11) is 0. The Bertz CT molecular complexity index is 957. The van der Waals surface area contributed by atoms with Crippen LogP contribution in [-0.4, -0.2) is 12.5 Å². The molecule has 3 heteroatoms. The van der Waals surface area contributed by atoms with E-state index in [1.165, 1.54) is 16.7 Å². The van der Waals surface area contributed by atoms with Gasteiger partial charge in [0.25, 0.3) is 5.91 Å². The van der Waals surface area contributed by atoms with Crippen LogP contribution < -0.4 is 5.32 Å². The molecule has 144 valence electrons. The third kappa shape index (κ3) is 3.75. The van der Waals surface area contributed by atoms with E-state index in [4.69, 9.17) is 4.42 Å². The molecule has 1 aliphatic heterocycles. The van der Waals surface area contributed by atoms with E-state index in [-0.39, 0.29) is 11.8 Å². The minimum absolute atomic E-state index is 0.115. The highest BCUT2D eigenvalue weighted by atomic mass is 16.4. The Labute approximate surface area is 166 Å². The van der Waals surface area contributed by atoms with Crippen LogP contribution in [0.15, 0.2) is 64.6 Å². The molecule has 1 atom stereocenters. The number of fused-ring (bicyclic) bond motifs is 1. The van der Waals surface area contributed by atoms with Gasteiger partial charge in [0.2, 0.25) is 0 Å². The first-order valence-corrected chi connectivity index (χ1v) is 10.2. The summed E-state index contributed by atoms with van der Waals surface area (Å²) in [5, 5.41) is 2.99. The quantitative estimate of drug-likeness (QED) is 0.740. The summed E-state index contributed by atoms with van der Waals surface area (Å²) in [5.74, 6) is 1.26. The summed E-state index contributed by atoms with van der Waals surface area (Å²) < 4.78 is 6.11. The molecule has 2 aromatic rings. The Morgan fingerprint density at radius 2 is 2.00 bits per heavy atom. The normalized spacial score (nSPS) is 19.6. The summed E-state index contributed by atoms with van der Waals surface area (Å²) in [4.78, 5) is 12.6. The van der Waals surface area contributed by atoms with Crippen LogP contribution in [0.5, 0.6) is 0 Å². The van der Waals surface area contributed by atoms with Crippen LogP contribution in [0.25, 0.3) is 5.57 Å². The fourth-order valence-corrected chi connectivity index (χ4v) is 3.94. The van der Waals surface area contributed by atoms with Gasteiger partial charge in [-0.3, -0.25) is 4.79 Å². The van der Waals surface area contributed by atoms with Gasteiger partial charge in [-0.25, -0.2) is 0 Å². The Kier molecular flexibility index (Phi) is 5.34. The molecule has 4 rings (SSSR count). The first kappa shape index (κ1) is 18.5. The van der Waals surface area contributed by atoms with Crippen molar-refractivity contribution in [1.82, 2.24) is 5.32 Å². The van der Waals surface area contributed by atoms with Gasteiger partial charge in [0.1, 0.15) is 5.76 Å². The van der Waals surface area contributed by atoms with E-state index in [1.54, 1.807) is 0 Å². The Morgan fingerprint density at radius 3 is 2.79 bits per heavy atom. The van der Waals surface area contributed by atoms with Crippen molar-refractivity contribution in [3.8, 4) is 0 Å².